The van der Waals surface area contributed by atoms with Crippen molar-refractivity contribution in [1.29, 1.82) is 0 Å². The largest absolute Gasteiger partial charge is 0.497 e. The van der Waals surface area contributed by atoms with E-state index in [1.807, 2.05) is 54.0 Å². The van der Waals surface area contributed by atoms with Crippen LogP contribution in [0.25, 0.3) is 16.9 Å². The summed E-state index contributed by atoms with van der Waals surface area (Å²) in [5, 5.41) is 5.42. The molecule has 2 aromatic heterocycles. The fraction of sp³-hybridized carbons (Fsp3) is 0.276. The van der Waals surface area contributed by atoms with Gasteiger partial charge in [-0.3, -0.25) is 24.4 Å². The molecule has 1 aliphatic rings. The zero-order chi connectivity index (χ0) is 27.9. The first kappa shape index (κ1) is 27.9. The zero-order valence-corrected chi connectivity index (χ0v) is 23.7. The second-order valence-corrected chi connectivity index (χ2v) is 10.6. The summed E-state index contributed by atoms with van der Waals surface area (Å²) in [4.78, 5) is 35.9. The maximum absolute atomic E-state index is 13.4. The molecule has 0 unspecified atom stereocenters. The standard InChI is InChI=1S/C29H30ClN5O4S/c1-38-24-10-8-23(9-11-24)35-19-25(21-4-6-22(30)7-5-21)31-29(35)32-27(36)20-34(28(37)26-3-2-18-40-26)13-12-33-14-16-39-17-15-33/h2-11,18-19H,12-17,20H2,1H3,(H,31,32,36). The Balaban J connectivity index is 1.37. The Morgan fingerprint density at radius 3 is 2.52 bits per heavy atom. The van der Waals surface area contributed by atoms with Gasteiger partial charge in [0.2, 0.25) is 11.9 Å². The predicted octanol–water partition coefficient (Wildman–Crippen LogP) is 4.68. The highest BCUT2D eigenvalue weighted by molar-refractivity contribution is 7.12. The number of carbonyl (C=O) groups excluding carboxylic acids is 2. The molecule has 1 aliphatic heterocycles. The number of methoxy groups -OCH3 is 1. The molecule has 3 heterocycles. The number of aromatic nitrogens is 2. The van der Waals surface area contributed by atoms with Crippen molar-refractivity contribution in [2.75, 3.05) is 58.4 Å². The lowest BCUT2D eigenvalue weighted by molar-refractivity contribution is -0.117. The van der Waals surface area contributed by atoms with Crippen LogP contribution in [0.5, 0.6) is 5.75 Å². The second-order valence-electron chi connectivity index (χ2n) is 9.23. The van der Waals surface area contributed by atoms with Gasteiger partial charge in [0.1, 0.15) is 12.3 Å². The number of hydrogen-bond acceptors (Lipinski definition) is 7. The van der Waals surface area contributed by atoms with Crippen LogP contribution in [0, 0.1) is 0 Å². The summed E-state index contributed by atoms with van der Waals surface area (Å²) in [5.74, 6) is 0.556. The van der Waals surface area contributed by atoms with Gasteiger partial charge in [0.25, 0.3) is 5.91 Å². The van der Waals surface area contributed by atoms with E-state index in [-0.39, 0.29) is 18.4 Å². The Kier molecular flexibility index (Phi) is 9.12. The van der Waals surface area contributed by atoms with Crippen molar-refractivity contribution in [1.82, 2.24) is 19.4 Å². The number of carbonyl (C=O) groups is 2. The first-order valence-corrected chi connectivity index (χ1v) is 14.2. The molecule has 0 radical (unpaired) electrons. The van der Waals surface area contributed by atoms with Gasteiger partial charge in [-0.1, -0.05) is 29.8 Å². The average molecular weight is 580 g/mol. The highest BCUT2D eigenvalue weighted by atomic mass is 35.5. The minimum absolute atomic E-state index is 0.104. The second kappa shape index (κ2) is 13.1. The van der Waals surface area contributed by atoms with Gasteiger partial charge in [-0.15, -0.1) is 11.3 Å². The molecular weight excluding hydrogens is 550 g/mol. The minimum atomic E-state index is -0.338. The number of benzene rings is 2. The number of nitrogens with one attached hydrogen (secondary N) is 1. The Morgan fingerprint density at radius 1 is 1.10 bits per heavy atom. The van der Waals surface area contributed by atoms with E-state index in [2.05, 4.69) is 10.2 Å². The molecule has 2 amide bonds. The lowest BCUT2D eigenvalue weighted by Crippen LogP contribution is -2.45. The summed E-state index contributed by atoms with van der Waals surface area (Å²) in [6.07, 6.45) is 1.85. The molecule has 0 spiro atoms. The molecule has 2 aromatic carbocycles. The van der Waals surface area contributed by atoms with Crippen LogP contribution in [0.15, 0.2) is 72.2 Å². The van der Waals surface area contributed by atoms with Crippen LogP contribution in [-0.4, -0.2) is 84.2 Å². The highest BCUT2D eigenvalue weighted by Crippen LogP contribution is 2.26. The van der Waals surface area contributed by atoms with Crippen LogP contribution < -0.4 is 10.1 Å². The van der Waals surface area contributed by atoms with E-state index in [1.165, 1.54) is 11.3 Å². The molecule has 208 valence electrons. The number of hydrogen-bond donors (Lipinski definition) is 1. The molecule has 11 heteroatoms. The molecule has 0 saturated carbocycles. The summed E-state index contributed by atoms with van der Waals surface area (Å²) < 4.78 is 12.5. The SMILES string of the molecule is COc1ccc(-n2cc(-c3ccc(Cl)cc3)nc2NC(=O)CN(CCN2CCOCC2)C(=O)c2cccs2)cc1. The van der Waals surface area contributed by atoms with Crippen molar-refractivity contribution >= 4 is 40.7 Å². The quantitative estimate of drug-likeness (QED) is 0.294. The third-order valence-corrected chi connectivity index (χ3v) is 7.70. The van der Waals surface area contributed by atoms with Crippen molar-refractivity contribution in [2.24, 2.45) is 0 Å². The van der Waals surface area contributed by atoms with Gasteiger partial charge in [-0.05, 0) is 47.8 Å². The number of morpholine rings is 1. The molecule has 4 aromatic rings. The molecule has 1 saturated heterocycles. The predicted molar refractivity (Wildman–Crippen MR) is 157 cm³/mol. The van der Waals surface area contributed by atoms with Gasteiger partial charge < -0.3 is 14.4 Å². The van der Waals surface area contributed by atoms with Crippen molar-refractivity contribution in [3.05, 3.63) is 82.1 Å². The molecule has 0 bridgehead atoms. The number of anilines is 1. The summed E-state index contributed by atoms with van der Waals surface area (Å²) in [7, 11) is 1.61. The lowest BCUT2D eigenvalue weighted by atomic mass is 10.2. The number of ether oxygens (including phenoxy) is 2. The maximum Gasteiger partial charge on any atom is 0.264 e. The van der Waals surface area contributed by atoms with Gasteiger partial charge >= 0.3 is 0 Å². The van der Waals surface area contributed by atoms with Gasteiger partial charge in [-0.2, -0.15) is 0 Å². The third kappa shape index (κ3) is 6.89. The third-order valence-electron chi connectivity index (χ3n) is 6.59. The number of halogens is 1. The number of imidazole rings is 1. The first-order valence-electron chi connectivity index (χ1n) is 12.9. The number of amides is 2. The van der Waals surface area contributed by atoms with Crippen LogP contribution in [0.1, 0.15) is 9.67 Å². The van der Waals surface area contributed by atoms with Gasteiger partial charge in [0.05, 0.1) is 30.9 Å². The lowest BCUT2D eigenvalue weighted by Gasteiger charge is -2.29. The molecule has 1 N–H and O–H groups in total. The molecule has 5 rings (SSSR count). The van der Waals surface area contributed by atoms with Crippen molar-refractivity contribution < 1.29 is 19.1 Å². The van der Waals surface area contributed by atoms with E-state index in [4.69, 9.17) is 26.1 Å². The monoisotopic (exact) mass is 579 g/mol. The first-order chi connectivity index (χ1) is 19.5. The van der Waals surface area contributed by atoms with E-state index in [1.54, 1.807) is 34.8 Å². The maximum atomic E-state index is 13.4. The van der Waals surface area contributed by atoms with E-state index >= 15 is 0 Å². The van der Waals surface area contributed by atoms with E-state index in [0.717, 1.165) is 30.1 Å². The average Bonchev–Trinajstić information content (AvgIpc) is 3.67. The molecular formula is C29H30ClN5O4S. The van der Waals surface area contributed by atoms with Crippen molar-refractivity contribution in [3.8, 4) is 22.7 Å². The molecule has 0 aliphatic carbocycles. The Morgan fingerprint density at radius 2 is 1.85 bits per heavy atom. The summed E-state index contributed by atoms with van der Waals surface area (Å²) in [6, 6.07) is 18.4. The molecule has 40 heavy (non-hydrogen) atoms. The number of rotatable bonds is 10. The molecule has 9 nitrogen and oxygen atoms in total. The molecule has 1 fully saturated rings. The van der Waals surface area contributed by atoms with Gasteiger partial charge in [0.15, 0.2) is 0 Å². The fourth-order valence-corrected chi connectivity index (χ4v) is 5.22. The number of thiophene rings is 1. The summed E-state index contributed by atoms with van der Waals surface area (Å²) in [5.41, 5.74) is 2.32. The Hall–Kier alpha value is -3.70. The smallest absolute Gasteiger partial charge is 0.264 e. The zero-order valence-electron chi connectivity index (χ0n) is 22.1. The van der Waals surface area contributed by atoms with Crippen LogP contribution in [0.2, 0.25) is 5.02 Å². The molecule has 0 atom stereocenters. The van der Waals surface area contributed by atoms with Crippen molar-refractivity contribution in [3.63, 3.8) is 0 Å². The van der Waals surface area contributed by atoms with Crippen LogP contribution in [0.3, 0.4) is 0 Å². The van der Waals surface area contributed by atoms with E-state index < -0.39 is 0 Å². The van der Waals surface area contributed by atoms with Crippen LogP contribution >= 0.6 is 22.9 Å². The van der Waals surface area contributed by atoms with E-state index in [9.17, 15) is 9.59 Å². The Bertz CT molecular complexity index is 1420. The van der Waals surface area contributed by atoms with E-state index in [0.29, 0.717) is 47.8 Å². The normalized spacial score (nSPS) is 13.7. The van der Waals surface area contributed by atoms with Gasteiger partial charge in [0, 0.05) is 48.6 Å². The van der Waals surface area contributed by atoms with Crippen LogP contribution in [0.4, 0.5) is 5.95 Å². The summed E-state index contributed by atoms with van der Waals surface area (Å²) in [6.45, 7) is 3.93. The summed E-state index contributed by atoms with van der Waals surface area (Å²) >= 11 is 7.44. The number of nitrogens with zero attached hydrogens (tertiary/aromatic N) is 4. The van der Waals surface area contributed by atoms with Gasteiger partial charge in [-0.25, -0.2) is 4.98 Å². The van der Waals surface area contributed by atoms with Crippen molar-refractivity contribution in [2.45, 2.75) is 0 Å². The topological polar surface area (TPSA) is 88.9 Å². The van der Waals surface area contributed by atoms with Crippen LogP contribution in [-0.2, 0) is 9.53 Å². The fourth-order valence-electron chi connectivity index (χ4n) is 4.40. The Labute approximate surface area is 241 Å². The minimum Gasteiger partial charge on any atom is -0.497 e. The highest BCUT2D eigenvalue weighted by Gasteiger charge is 2.23.